The first kappa shape index (κ1) is 12.8. The molecule has 94 valence electrons. The number of carbonyl (C=O) groups is 1. The highest BCUT2D eigenvalue weighted by molar-refractivity contribution is 7.10. The van der Waals surface area contributed by atoms with Crippen LogP contribution in [0.2, 0.25) is 0 Å². The zero-order valence-electron chi connectivity index (χ0n) is 11.0. The number of thiophene rings is 1. The molecule has 0 atom stereocenters. The van der Waals surface area contributed by atoms with Crippen molar-refractivity contribution in [2.75, 3.05) is 13.1 Å². The predicted molar refractivity (Wildman–Crippen MR) is 72.9 cm³/mol. The highest BCUT2D eigenvalue weighted by atomic mass is 32.1. The van der Waals surface area contributed by atoms with E-state index in [2.05, 4.69) is 25.7 Å². The molecule has 0 N–H and O–H groups in total. The number of aryl methyl sites for hydroxylation is 1. The number of hydrogen-bond donors (Lipinski definition) is 0. The molecular weight excluding hydrogens is 230 g/mol. The van der Waals surface area contributed by atoms with Crippen molar-refractivity contribution in [1.82, 2.24) is 4.90 Å². The Labute approximate surface area is 108 Å². The topological polar surface area (TPSA) is 20.3 Å². The van der Waals surface area contributed by atoms with Gasteiger partial charge in [-0.05, 0) is 52.8 Å². The van der Waals surface area contributed by atoms with E-state index in [0.29, 0.717) is 0 Å². The Morgan fingerprint density at radius 2 is 1.94 bits per heavy atom. The minimum Gasteiger partial charge on any atom is -0.292 e. The second kappa shape index (κ2) is 4.91. The molecule has 17 heavy (non-hydrogen) atoms. The molecule has 0 unspecified atom stereocenters. The maximum atomic E-state index is 12.5. The third-order valence-corrected chi connectivity index (χ3v) is 4.56. The minimum atomic E-state index is -0.353. The van der Waals surface area contributed by atoms with Gasteiger partial charge in [-0.15, -0.1) is 11.3 Å². The average Bonchev–Trinajstić information content (AvgIpc) is 2.76. The van der Waals surface area contributed by atoms with E-state index in [1.54, 1.807) is 11.3 Å². The molecule has 0 saturated carbocycles. The summed E-state index contributed by atoms with van der Waals surface area (Å²) in [6.07, 6.45) is 3.75. The van der Waals surface area contributed by atoms with E-state index in [1.165, 1.54) is 24.1 Å². The molecule has 2 rings (SSSR count). The summed E-state index contributed by atoms with van der Waals surface area (Å²) in [4.78, 5) is 16.1. The SMILES string of the molecule is Cc1cc(C(=O)C(C)(C)N2CCCCC2)cs1. The molecule has 1 aromatic heterocycles. The quantitative estimate of drug-likeness (QED) is 0.766. The lowest BCUT2D eigenvalue weighted by atomic mass is 9.90. The van der Waals surface area contributed by atoms with E-state index in [-0.39, 0.29) is 11.3 Å². The van der Waals surface area contributed by atoms with Crippen LogP contribution >= 0.6 is 11.3 Å². The van der Waals surface area contributed by atoms with Crippen LogP contribution in [0, 0.1) is 6.92 Å². The van der Waals surface area contributed by atoms with Crippen LogP contribution in [0.3, 0.4) is 0 Å². The number of nitrogens with zero attached hydrogens (tertiary/aromatic N) is 1. The number of likely N-dealkylation sites (tertiary alicyclic amines) is 1. The van der Waals surface area contributed by atoms with Gasteiger partial charge in [-0.25, -0.2) is 0 Å². The van der Waals surface area contributed by atoms with Crippen molar-refractivity contribution in [1.29, 1.82) is 0 Å². The lowest BCUT2D eigenvalue weighted by Gasteiger charge is -2.39. The van der Waals surface area contributed by atoms with Crippen LogP contribution in [0.1, 0.15) is 48.3 Å². The molecule has 0 amide bonds. The highest BCUT2D eigenvalue weighted by Gasteiger charge is 2.35. The first-order chi connectivity index (χ1) is 8.01. The van der Waals surface area contributed by atoms with E-state index in [1.807, 2.05) is 11.4 Å². The average molecular weight is 251 g/mol. The molecular formula is C14H21NOS. The van der Waals surface area contributed by atoms with E-state index >= 15 is 0 Å². The third-order valence-electron chi connectivity index (χ3n) is 3.70. The number of Topliss-reactive ketones (excluding diaryl/α,β-unsaturated/α-hetero) is 1. The van der Waals surface area contributed by atoms with Crippen LogP contribution in [-0.4, -0.2) is 29.3 Å². The van der Waals surface area contributed by atoms with Gasteiger partial charge in [-0.2, -0.15) is 0 Å². The van der Waals surface area contributed by atoms with Crippen LogP contribution < -0.4 is 0 Å². The number of hydrogen-bond acceptors (Lipinski definition) is 3. The van der Waals surface area contributed by atoms with Crippen molar-refractivity contribution in [3.05, 3.63) is 21.9 Å². The van der Waals surface area contributed by atoms with Crippen molar-refractivity contribution in [2.24, 2.45) is 0 Å². The third kappa shape index (κ3) is 2.61. The first-order valence-corrected chi connectivity index (χ1v) is 7.25. The molecule has 0 spiro atoms. The van der Waals surface area contributed by atoms with Crippen molar-refractivity contribution in [3.8, 4) is 0 Å². The van der Waals surface area contributed by atoms with Gasteiger partial charge in [0.2, 0.25) is 0 Å². The van der Waals surface area contributed by atoms with Crippen LogP contribution in [0.4, 0.5) is 0 Å². The van der Waals surface area contributed by atoms with Crippen LogP contribution in [0.15, 0.2) is 11.4 Å². The number of ketones is 1. The Kier molecular flexibility index (Phi) is 3.69. The number of piperidine rings is 1. The molecule has 0 bridgehead atoms. The van der Waals surface area contributed by atoms with Gasteiger partial charge in [-0.1, -0.05) is 6.42 Å². The first-order valence-electron chi connectivity index (χ1n) is 6.37. The Hall–Kier alpha value is -0.670. The molecule has 2 nitrogen and oxygen atoms in total. The maximum absolute atomic E-state index is 12.5. The summed E-state index contributed by atoms with van der Waals surface area (Å²) in [5.41, 5.74) is 0.525. The number of rotatable bonds is 3. The Balaban J connectivity index is 2.16. The van der Waals surface area contributed by atoms with Gasteiger partial charge in [0.15, 0.2) is 5.78 Å². The van der Waals surface area contributed by atoms with Gasteiger partial charge in [-0.3, -0.25) is 9.69 Å². The largest absolute Gasteiger partial charge is 0.292 e. The summed E-state index contributed by atoms with van der Waals surface area (Å²) >= 11 is 1.66. The van der Waals surface area contributed by atoms with Gasteiger partial charge in [0, 0.05) is 15.8 Å². The van der Waals surface area contributed by atoms with E-state index in [4.69, 9.17) is 0 Å². The van der Waals surface area contributed by atoms with Gasteiger partial charge in [0.05, 0.1) is 5.54 Å². The fraction of sp³-hybridized carbons (Fsp3) is 0.643. The molecule has 0 aliphatic carbocycles. The van der Waals surface area contributed by atoms with E-state index < -0.39 is 0 Å². The van der Waals surface area contributed by atoms with Crippen LogP contribution in [-0.2, 0) is 0 Å². The van der Waals surface area contributed by atoms with Crippen molar-refractivity contribution < 1.29 is 4.79 Å². The summed E-state index contributed by atoms with van der Waals surface area (Å²) in [5, 5.41) is 1.99. The van der Waals surface area contributed by atoms with Crippen molar-refractivity contribution in [2.45, 2.75) is 45.6 Å². The highest BCUT2D eigenvalue weighted by Crippen LogP contribution is 2.26. The van der Waals surface area contributed by atoms with E-state index in [0.717, 1.165) is 18.7 Å². The minimum absolute atomic E-state index is 0.267. The molecule has 1 fully saturated rings. The monoisotopic (exact) mass is 251 g/mol. The van der Waals surface area contributed by atoms with Gasteiger partial charge in [0.1, 0.15) is 0 Å². The lowest BCUT2D eigenvalue weighted by molar-refractivity contribution is 0.0579. The maximum Gasteiger partial charge on any atom is 0.183 e. The zero-order valence-corrected chi connectivity index (χ0v) is 11.8. The summed E-state index contributed by atoms with van der Waals surface area (Å²) in [6.45, 7) is 8.29. The summed E-state index contributed by atoms with van der Waals surface area (Å²) < 4.78 is 0. The van der Waals surface area contributed by atoms with E-state index in [9.17, 15) is 4.79 Å². The van der Waals surface area contributed by atoms with Crippen molar-refractivity contribution in [3.63, 3.8) is 0 Å². The van der Waals surface area contributed by atoms with Gasteiger partial charge in [0.25, 0.3) is 0 Å². The molecule has 1 aliphatic rings. The van der Waals surface area contributed by atoms with Gasteiger partial charge < -0.3 is 0 Å². The van der Waals surface area contributed by atoms with Crippen molar-refractivity contribution >= 4 is 17.1 Å². The molecule has 1 aliphatic heterocycles. The Morgan fingerprint density at radius 3 is 2.47 bits per heavy atom. The molecule has 2 heterocycles. The molecule has 1 saturated heterocycles. The normalized spacial score (nSPS) is 18.3. The van der Waals surface area contributed by atoms with Crippen LogP contribution in [0.5, 0.6) is 0 Å². The fourth-order valence-corrected chi connectivity index (χ4v) is 3.20. The summed E-state index contributed by atoms with van der Waals surface area (Å²) in [7, 11) is 0. The summed E-state index contributed by atoms with van der Waals surface area (Å²) in [6, 6.07) is 2.01. The van der Waals surface area contributed by atoms with Gasteiger partial charge >= 0.3 is 0 Å². The smallest absolute Gasteiger partial charge is 0.183 e. The second-order valence-corrected chi connectivity index (χ2v) is 6.50. The Morgan fingerprint density at radius 1 is 1.29 bits per heavy atom. The molecule has 3 heteroatoms. The lowest BCUT2D eigenvalue weighted by Crippen LogP contribution is -2.52. The molecule has 0 aromatic carbocycles. The fourth-order valence-electron chi connectivity index (χ4n) is 2.51. The zero-order chi connectivity index (χ0) is 12.5. The number of carbonyl (C=O) groups excluding carboxylic acids is 1. The molecule has 1 aromatic rings. The molecule has 0 radical (unpaired) electrons. The van der Waals surface area contributed by atoms with Crippen LogP contribution in [0.25, 0.3) is 0 Å². The summed E-state index contributed by atoms with van der Waals surface area (Å²) in [5.74, 6) is 0.267. The second-order valence-electron chi connectivity index (χ2n) is 5.38. The standard InChI is InChI=1S/C14H21NOS/c1-11-9-12(10-17-11)13(16)14(2,3)15-7-5-4-6-8-15/h9-10H,4-8H2,1-3H3. The predicted octanol–water partition coefficient (Wildman–Crippen LogP) is 3.50. The Bertz CT molecular complexity index is 402.